The zero-order valence-electron chi connectivity index (χ0n) is 18.0. The summed E-state index contributed by atoms with van der Waals surface area (Å²) in [7, 11) is -3.27. The van der Waals surface area contributed by atoms with Crippen LogP contribution >= 0.6 is 0 Å². The van der Waals surface area contributed by atoms with Gasteiger partial charge in [-0.15, -0.1) is 0 Å². The van der Waals surface area contributed by atoms with Crippen molar-refractivity contribution in [1.29, 1.82) is 0 Å². The number of hydrogen-bond acceptors (Lipinski definition) is 3. The predicted molar refractivity (Wildman–Crippen MR) is 115 cm³/mol. The minimum Gasteiger partial charge on any atom is -0.390 e. The molecule has 1 aromatic carbocycles. The highest BCUT2D eigenvalue weighted by Gasteiger charge is 2.55. The van der Waals surface area contributed by atoms with Crippen LogP contribution < -0.4 is 0 Å². The normalized spacial score (nSPS) is 32.1. The van der Waals surface area contributed by atoms with E-state index in [1.807, 2.05) is 32.0 Å². The molecule has 2 aliphatic carbocycles. The molecule has 1 N–H and O–H groups in total. The Balaban J connectivity index is 1.76. The molecule has 28 heavy (non-hydrogen) atoms. The Morgan fingerprint density at radius 2 is 1.86 bits per heavy atom. The average Bonchev–Trinajstić information content (AvgIpc) is 2.98. The van der Waals surface area contributed by atoms with Gasteiger partial charge in [-0.3, -0.25) is 0 Å². The van der Waals surface area contributed by atoms with E-state index in [1.54, 1.807) is 12.1 Å². The van der Waals surface area contributed by atoms with Gasteiger partial charge in [0.05, 0.1) is 15.7 Å². The van der Waals surface area contributed by atoms with E-state index < -0.39 is 15.4 Å². The highest BCUT2D eigenvalue weighted by atomic mass is 32.2. The van der Waals surface area contributed by atoms with Gasteiger partial charge in [0.2, 0.25) is 0 Å². The zero-order valence-corrected chi connectivity index (χ0v) is 18.8. The van der Waals surface area contributed by atoms with Crippen molar-refractivity contribution >= 4 is 9.84 Å². The molecule has 158 valence electrons. The Labute approximate surface area is 171 Å². The van der Waals surface area contributed by atoms with Crippen LogP contribution in [-0.4, -0.2) is 24.4 Å². The fraction of sp³-hybridized carbons (Fsp3) is 0.750. The van der Waals surface area contributed by atoms with Crippen LogP contribution in [0.25, 0.3) is 0 Å². The molecular weight excluding hydrogens is 368 g/mol. The van der Waals surface area contributed by atoms with E-state index in [-0.39, 0.29) is 16.6 Å². The maximum atomic E-state index is 13.4. The molecule has 0 radical (unpaired) electrons. The van der Waals surface area contributed by atoms with Gasteiger partial charge in [-0.05, 0) is 81.3 Å². The van der Waals surface area contributed by atoms with Crippen molar-refractivity contribution in [3.63, 3.8) is 0 Å². The summed E-state index contributed by atoms with van der Waals surface area (Å²) in [6.45, 7) is 8.47. The topological polar surface area (TPSA) is 54.4 Å². The minimum absolute atomic E-state index is 0.124. The fourth-order valence-corrected chi connectivity index (χ4v) is 8.55. The van der Waals surface area contributed by atoms with Crippen LogP contribution in [0.5, 0.6) is 0 Å². The van der Waals surface area contributed by atoms with Crippen molar-refractivity contribution in [3.8, 4) is 0 Å². The average molecular weight is 407 g/mol. The number of hydrogen-bond donors (Lipinski definition) is 1. The second-order valence-electron chi connectivity index (χ2n) is 10.3. The van der Waals surface area contributed by atoms with Crippen LogP contribution in [0.2, 0.25) is 0 Å². The number of fused-ring (bicyclic) bond motifs is 1. The monoisotopic (exact) mass is 406 g/mol. The van der Waals surface area contributed by atoms with Crippen LogP contribution in [0.3, 0.4) is 0 Å². The lowest BCUT2D eigenvalue weighted by atomic mass is 9.62. The zero-order chi connectivity index (χ0) is 20.6. The Hall–Kier alpha value is -0.870. The summed E-state index contributed by atoms with van der Waals surface area (Å²) in [5, 5.41) is 9.77. The smallest absolute Gasteiger partial charge is 0.181 e. The van der Waals surface area contributed by atoms with Crippen LogP contribution in [0.4, 0.5) is 0 Å². The van der Waals surface area contributed by atoms with Gasteiger partial charge < -0.3 is 5.11 Å². The second-order valence-corrected chi connectivity index (χ2v) is 12.4. The lowest BCUT2D eigenvalue weighted by Gasteiger charge is -2.46. The summed E-state index contributed by atoms with van der Waals surface area (Å²) >= 11 is 0. The molecule has 2 unspecified atom stereocenters. The molecule has 2 aliphatic rings. The van der Waals surface area contributed by atoms with Crippen molar-refractivity contribution in [2.24, 2.45) is 23.2 Å². The largest absolute Gasteiger partial charge is 0.390 e. The van der Waals surface area contributed by atoms with Gasteiger partial charge >= 0.3 is 0 Å². The molecule has 2 saturated carbocycles. The quantitative estimate of drug-likeness (QED) is 0.639. The van der Waals surface area contributed by atoms with Crippen LogP contribution in [0.15, 0.2) is 35.2 Å². The Morgan fingerprint density at radius 1 is 1.18 bits per heavy atom. The number of aliphatic hydroxyl groups is 1. The van der Waals surface area contributed by atoms with Crippen molar-refractivity contribution < 1.29 is 13.5 Å². The molecule has 0 heterocycles. The van der Waals surface area contributed by atoms with Gasteiger partial charge in [0, 0.05) is 0 Å². The minimum atomic E-state index is -3.27. The summed E-state index contributed by atoms with van der Waals surface area (Å²) in [5.74, 6) is 1.44. The molecule has 0 aromatic heterocycles. The molecule has 0 spiro atoms. The van der Waals surface area contributed by atoms with Crippen molar-refractivity contribution in [3.05, 3.63) is 30.3 Å². The first kappa shape index (κ1) is 21.8. The molecule has 3 nitrogen and oxygen atoms in total. The van der Waals surface area contributed by atoms with E-state index in [2.05, 4.69) is 13.8 Å². The molecule has 0 saturated heterocycles. The number of rotatable bonds is 7. The first-order valence-corrected chi connectivity index (χ1v) is 12.6. The number of benzene rings is 1. The van der Waals surface area contributed by atoms with E-state index in [4.69, 9.17) is 0 Å². The lowest BCUT2D eigenvalue weighted by Crippen LogP contribution is -2.44. The molecule has 0 aliphatic heterocycles. The van der Waals surface area contributed by atoms with Gasteiger partial charge in [-0.25, -0.2) is 8.42 Å². The van der Waals surface area contributed by atoms with E-state index in [0.717, 1.165) is 51.4 Å². The fourth-order valence-electron chi connectivity index (χ4n) is 6.31. The van der Waals surface area contributed by atoms with Gasteiger partial charge in [0.25, 0.3) is 0 Å². The standard InChI is InChI=1S/C24H38O3S/c1-18(10-8-16-23(2,3)25)20-14-15-21-22(13-9-17-24(20,21)4)28(26,27)19-11-6-5-7-12-19/h5-7,11-12,18,20-22,25H,8-10,13-17H2,1-4H3/t18-,20?,21+,22?,24-/m1/s1. The SMILES string of the molecule is C[C@H](CCCC(C)(C)O)C1CC[C@H]2C(S(=O)(=O)c3ccccc3)CCC[C@]12C. The van der Waals surface area contributed by atoms with E-state index in [1.165, 1.54) is 0 Å². The highest BCUT2D eigenvalue weighted by molar-refractivity contribution is 7.92. The molecule has 3 rings (SSSR count). The van der Waals surface area contributed by atoms with Crippen LogP contribution in [-0.2, 0) is 9.84 Å². The maximum absolute atomic E-state index is 13.4. The van der Waals surface area contributed by atoms with E-state index in [9.17, 15) is 13.5 Å². The lowest BCUT2D eigenvalue weighted by molar-refractivity contribution is 0.0531. The highest BCUT2D eigenvalue weighted by Crippen LogP contribution is 2.59. The summed E-state index contributed by atoms with van der Waals surface area (Å²) in [4.78, 5) is 0.492. The Bertz CT molecular complexity index is 750. The van der Waals surface area contributed by atoms with Crippen molar-refractivity contribution in [1.82, 2.24) is 0 Å². The molecule has 5 atom stereocenters. The van der Waals surface area contributed by atoms with Crippen LogP contribution in [0.1, 0.15) is 79.1 Å². The summed E-state index contributed by atoms with van der Waals surface area (Å²) < 4.78 is 26.8. The first-order valence-electron chi connectivity index (χ1n) is 11.1. The molecule has 1 aromatic rings. The molecule has 4 heteroatoms. The third-order valence-corrected chi connectivity index (χ3v) is 10.0. The molecule has 2 fully saturated rings. The molecule has 0 amide bonds. The first-order chi connectivity index (χ1) is 13.1. The number of sulfone groups is 1. The van der Waals surface area contributed by atoms with Gasteiger partial charge in [-0.2, -0.15) is 0 Å². The molecular formula is C24H38O3S. The van der Waals surface area contributed by atoms with Gasteiger partial charge in [0.1, 0.15) is 0 Å². The van der Waals surface area contributed by atoms with Crippen molar-refractivity contribution in [2.75, 3.05) is 0 Å². The van der Waals surface area contributed by atoms with Gasteiger partial charge in [0.15, 0.2) is 9.84 Å². The predicted octanol–water partition coefficient (Wildman–Crippen LogP) is 5.62. The Morgan fingerprint density at radius 3 is 2.50 bits per heavy atom. The van der Waals surface area contributed by atoms with E-state index >= 15 is 0 Å². The van der Waals surface area contributed by atoms with E-state index in [0.29, 0.717) is 16.7 Å². The molecule has 0 bridgehead atoms. The maximum Gasteiger partial charge on any atom is 0.181 e. The van der Waals surface area contributed by atoms with Crippen molar-refractivity contribution in [2.45, 2.75) is 94.8 Å². The third-order valence-electron chi connectivity index (χ3n) is 7.74. The Kier molecular flexibility index (Phi) is 6.32. The third kappa shape index (κ3) is 4.33. The summed E-state index contributed by atoms with van der Waals surface area (Å²) in [6.07, 6.45) is 8.13. The van der Waals surface area contributed by atoms with Crippen LogP contribution in [0, 0.1) is 23.2 Å². The van der Waals surface area contributed by atoms with Gasteiger partial charge in [-0.1, -0.05) is 51.3 Å². The second kappa shape index (κ2) is 8.10. The summed E-state index contributed by atoms with van der Waals surface area (Å²) in [6, 6.07) is 9.05. The summed E-state index contributed by atoms with van der Waals surface area (Å²) in [5.41, 5.74) is -0.472.